The summed E-state index contributed by atoms with van der Waals surface area (Å²) in [4.78, 5) is 29.1. The lowest BCUT2D eigenvalue weighted by atomic mass is 10.1. The fourth-order valence-electron chi connectivity index (χ4n) is 3.90. The molecular formula is C23H28N6O3. The Hall–Kier alpha value is -3.46. The fourth-order valence-corrected chi connectivity index (χ4v) is 3.90. The number of carbonyl (C=O) groups excluding carboxylic acids is 2. The molecule has 1 aliphatic rings. The van der Waals surface area contributed by atoms with Crippen molar-refractivity contribution in [2.45, 2.75) is 20.4 Å². The van der Waals surface area contributed by atoms with Gasteiger partial charge in [0.05, 0.1) is 12.2 Å². The standard InChI is InChI=1S/C23H28N6O3/c1-16-19(17(2)27(3)25-16)15-28-9-11-29(12-10-28)22(30)14-24-23(31)20-13-21(32-26-20)18-7-5-4-6-8-18/h4-8,13H,9-12,14-15H2,1-3H3,(H,24,31). The van der Waals surface area contributed by atoms with Gasteiger partial charge in [-0.1, -0.05) is 35.5 Å². The second-order valence-electron chi connectivity index (χ2n) is 8.06. The first-order chi connectivity index (χ1) is 15.4. The third-order valence-corrected chi connectivity index (χ3v) is 5.97. The maximum atomic E-state index is 12.6. The number of piperazine rings is 1. The number of carbonyl (C=O) groups is 2. The van der Waals surface area contributed by atoms with Crippen LogP contribution in [0, 0.1) is 13.8 Å². The number of amides is 2. The predicted molar refractivity (Wildman–Crippen MR) is 119 cm³/mol. The first-order valence-electron chi connectivity index (χ1n) is 10.7. The lowest BCUT2D eigenvalue weighted by molar-refractivity contribution is -0.131. The molecule has 0 spiro atoms. The van der Waals surface area contributed by atoms with Gasteiger partial charge in [0, 0.05) is 62.7 Å². The molecule has 0 bridgehead atoms. The largest absolute Gasteiger partial charge is 0.355 e. The first-order valence-corrected chi connectivity index (χ1v) is 10.7. The molecular weight excluding hydrogens is 408 g/mol. The van der Waals surface area contributed by atoms with Gasteiger partial charge in [-0.25, -0.2) is 0 Å². The van der Waals surface area contributed by atoms with Crippen molar-refractivity contribution < 1.29 is 14.1 Å². The first kappa shape index (κ1) is 21.8. The van der Waals surface area contributed by atoms with Gasteiger partial charge in [0.1, 0.15) is 0 Å². The van der Waals surface area contributed by atoms with E-state index < -0.39 is 5.91 Å². The number of hydrogen-bond donors (Lipinski definition) is 1. The van der Waals surface area contributed by atoms with E-state index >= 15 is 0 Å². The molecule has 1 N–H and O–H groups in total. The Kier molecular flexibility index (Phi) is 6.36. The van der Waals surface area contributed by atoms with Crippen LogP contribution in [0.4, 0.5) is 0 Å². The lowest BCUT2D eigenvalue weighted by Gasteiger charge is -2.34. The summed E-state index contributed by atoms with van der Waals surface area (Å²) in [6.45, 7) is 7.73. The van der Waals surface area contributed by atoms with Crippen LogP contribution in [-0.4, -0.2) is 69.3 Å². The molecule has 1 fully saturated rings. The summed E-state index contributed by atoms with van der Waals surface area (Å²) >= 11 is 0. The van der Waals surface area contributed by atoms with Crippen molar-refractivity contribution in [2.24, 2.45) is 7.05 Å². The monoisotopic (exact) mass is 436 g/mol. The summed E-state index contributed by atoms with van der Waals surface area (Å²) in [6, 6.07) is 11.0. The van der Waals surface area contributed by atoms with Crippen LogP contribution in [0.15, 0.2) is 40.9 Å². The van der Waals surface area contributed by atoms with E-state index in [2.05, 4.69) is 27.4 Å². The van der Waals surface area contributed by atoms with Crippen LogP contribution >= 0.6 is 0 Å². The van der Waals surface area contributed by atoms with E-state index in [-0.39, 0.29) is 18.1 Å². The molecule has 1 aliphatic heterocycles. The zero-order chi connectivity index (χ0) is 22.7. The van der Waals surface area contributed by atoms with Crippen LogP contribution in [0.2, 0.25) is 0 Å². The van der Waals surface area contributed by atoms with Gasteiger partial charge >= 0.3 is 0 Å². The second kappa shape index (κ2) is 9.35. The number of rotatable bonds is 6. The van der Waals surface area contributed by atoms with Gasteiger partial charge in [-0.05, 0) is 13.8 Å². The summed E-state index contributed by atoms with van der Waals surface area (Å²) in [5.41, 5.74) is 4.47. The van der Waals surface area contributed by atoms with E-state index in [0.29, 0.717) is 18.8 Å². The highest BCUT2D eigenvalue weighted by atomic mass is 16.5. The van der Waals surface area contributed by atoms with Gasteiger partial charge in [0.25, 0.3) is 5.91 Å². The third-order valence-electron chi connectivity index (χ3n) is 5.97. The second-order valence-corrected chi connectivity index (χ2v) is 8.06. The number of aromatic nitrogens is 3. The number of hydrogen-bond acceptors (Lipinski definition) is 6. The number of nitrogens with one attached hydrogen (secondary N) is 1. The Bertz CT molecular complexity index is 1100. The molecule has 1 aromatic carbocycles. The summed E-state index contributed by atoms with van der Waals surface area (Å²) in [5, 5.41) is 11.0. The van der Waals surface area contributed by atoms with Crippen LogP contribution < -0.4 is 5.32 Å². The van der Waals surface area contributed by atoms with Crippen molar-refractivity contribution >= 4 is 11.8 Å². The molecule has 2 aromatic heterocycles. The van der Waals surface area contributed by atoms with Crippen LogP contribution in [0.3, 0.4) is 0 Å². The number of benzene rings is 1. The van der Waals surface area contributed by atoms with E-state index in [4.69, 9.17) is 4.52 Å². The zero-order valence-corrected chi connectivity index (χ0v) is 18.7. The molecule has 4 rings (SSSR count). The van der Waals surface area contributed by atoms with Crippen molar-refractivity contribution in [3.8, 4) is 11.3 Å². The number of nitrogens with zero attached hydrogens (tertiary/aromatic N) is 5. The van der Waals surface area contributed by atoms with Crippen LogP contribution in [0.25, 0.3) is 11.3 Å². The van der Waals surface area contributed by atoms with E-state index in [9.17, 15) is 9.59 Å². The molecule has 0 aliphatic carbocycles. The maximum Gasteiger partial charge on any atom is 0.273 e. The topological polar surface area (TPSA) is 96.5 Å². The average molecular weight is 437 g/mol. The van der Waals surface area contributed by atoms with E-state index in [1.807, 2.05) is 49.0 Å². The Labute approximate surface area is 187 Å². The molecule has 0 atom stereocenters. The molecule has 1 saturated heterocycles. The summed E-state index contributed by atoms with van der Waals surface area (Å²) in [7, 11) is 1.96. The van der Waals surface area contributed by atoms with Crippen LogP contribution in [-0.2, 0) is 18.4 Å². The maximum absolute atomic E-state index is 12.6. The number of aryl methyl sites for hydroxylation is 2. The van der Waals surface area contributed by atoms with Crippen molar-refractivity contribution in [3.05, 3.63) is 59.0 Å². The smallest absolute Gasteiger partial charge is 0.273 e. The molecule has 0 radical (unpaired) electrons. The van der Waals surface area contributed by atoms with Crippen LogP contribution in [0.5, 0.6) is 0 Å². The molecule has 9 nitrogen and oxygen atoms in total. The SMILES string of the molecule is Cc1nn(C)c(C)c1CN1CCN(C(=O)CNC(=O)c2cc(-c3ccccc3)on2)CC1. The quantitative estimate of drug-likeness (QED) is 0.633. The van der Waals surface area contributed by atoms with E-state index in [1.54, 1.807) is 11.0 Å². The minimum absolute atomic E-state index is 0.0623. The van der Waals surface area contributed by atoms with Gasteiger partial charge in [0.15, 0.2) is 11.5 Å². The molecule has 0 unspecified atom stereocenters. The Balaban J connectivity index is 1.25. The van der Waals surface area contributed by atoms with Crippen molar-refractivity contribution in [1.29, 1.82) is 0 Å². The van der Waals surface area contributed by atoms with Crippen molar-refractivity contribution in [1.82, 2.24) is 30.1 Å². The van der Waals surface area contributed by atoms with E-state index in [1.165, 1.54) is 11.3 Å². The zero-order valence-electron chi connectivity index (χ0n) is 18.7. The molecule has 32 heavy (non-hydrogen) atoms. The van der Waals surface area contributed by atoms with Crippen molar-refractivity contribution in [3.63, 3.8) is 0 Å². The molecule has 168 valence electrons. The molecule has 0 saturated carbocycles. The Morgan fingerprint density at radius 1 is 1.09 bits per heavy atom. The van der Waals surface area contributed by atoms with Crippen LogP contribution in [0.1, 0.15) is 27.4 Å². The van der Waals surface area contributed by atoms with Gasteiger partial charge < -0.3 is 14.7 Å². The fraction of sp³-hybridized carbons (Fsp3) is 0.391. The lowest BCUT2D eigenvalue weighted by Crippen LogP contribution is -2.50. The van der Waals surface area contributed by atoms with Gasteiger partial charge in [-0.2, -0.15) is 5.10 Å². The average Bonchev–Trinajstić information content (AvgIpc) is 3.39. The third kappa shape index (κ3) is 4.72. The highest BCUT2D eigenvalue weighted by molar-refractivity contribution is 5.95. The van der Waals surface area contributed by atoms with E-state index in [0.717, 1.165) is 30.9 Å². The van der Waals surface area contributed by atoms with Gasteiger partial charge in [0.2, 0.25) is 5.91 Å². The molecule has 2 amide bonds. The highest BCUT2D eigenvalue weighted by Crippen LogP contribution is 2.19. The Morgan fingerprint density at radius 2 is 1.81 bits per heavy atom. The van der Waals surface area contributed by atoms with Crippen molar-refractivity contribution in [2.75, 3.05) is 32.7 Å². The Morgan fingerprint density at radius 3 is 2.47 bits per heavy atom. The summed E-state index contributed by atoms with van der Waals surface area (Å²) in [5.74, 6) is -0.0127. The minimum atomic E-state index is -0.426. The van der Waals surface area contributed by atoms with Gasteiger partial charge in [-0.15, -0.1) is 0 Å². The molecule has 3 heterocycles. The predicted octanol–water partition coefficient (Wildman–Crippen LogP) is 1.77. The normalized spacial score (nSPS) is 14.5. The van der Waals surface area contributed by atoms with Gasteiger partial charge in [-0.3, -0.25) is 19.2 Å². The highest BCUT2D eigenvalue weighted by Gasteiger charge is 2.23. The summed E-state index contributed by atoms with van der Waals surface area (Å²) < 4.78 is 7.16. The molecule has 3 aromatic rings. The molecule has 9 heteroatoms. The summed E-state index contributed by atoms with van der Waals surface area (Å²) in [6.07, 6.45) is 0. The minimum Gasteiger partial charge on any atom is -0.355 e.